The first-order valence-corrected chi connectivity index (χ1v) is 12.5. The highest BCUT2D eigenvalue weighted by molar-refractivity contribution is 7.16. The third kappa shape index (κ3) is 5.76. The predicted octanol–water partition coefficient (Wildman–Crippen LogP) is 3.65. The molecule has 0 atom stereocenters. The molecule has 0 saturated heterocycles. The van der Waals surface area contributed by atoms with Crippen LogP contribution in [0.4, 0.5) is 5.00 Å². The monoisotopic (exact) mass is 497 g/mol. The Morgan fingerprint density at radius 3 is 2.66 bits per heavy atom. The standard InChI is InChI=1S/C25H27N3O6S/c1-3-16-13-18(25(32)33-4-2)23(35-16)27-21(29)14-34-22(30)12-11-20-26-19-8-6-5-7-17(19)24(31)28(20)15-9-10-15/h5-8,13,15H,3-4,9-12,14H2,1-2H3,(H,27,29). The molecule has 1 fully saturated rings. The maximum atomic E-state index is 12.9. The molecule has 1 aromatic carbocycles. The molecule has 0 radical (unpaired) electrons. The van der Waals surface area contributed by atoms with Gasteiger partial charge in [-0.2, -0.15) is 0 Å². The zero-order chi connectivity index (χ0) is 24.9. The van der Waals surface area contributed by atoms with Gasteiger partial charge in [0.1, 0.15) is 10.8 Å². The summed E-state index contributed by atoms with van der Waals surface area (Å²) < 4.78 is 11.9. The van der Waals surface area contributed by atoms with E-state index >= 15 is 0 Å². The van der Waals surface area contributed by atoms with E-state index in [4.69, 9.17) is 9.47 Å². The third-order valence-corrected chi connectivity index (χ3v) is 6.78. The summed E-state index contributed by atoms with van der Waals surface area (Å²) >= 11 is 1.28. The SMILES string of the molecule is CCOC(=O)c1cc(CC)sc1NC(=O)COC(=O)CCc1nc2ccccc2c(=O)n1C1CC1. The quantitative estimate of drug-likeness (QED) is 0.425. The van der Waals surface area contributed by atoms with E-state index in [0.717, 1.165) is 17.7 Å². The van der Waals surface area contributed by atoms with Crippen LogP contribution in [0.3, 0.4) is 0 Å². The maximum Gasteiger partial charge on any atom is 0.341 e. The average Bonchev–Trinajstić information content (AvgIpc) is 3.60. The highest BCUT2D eigenvalue weighted by Crippen LogP contribution is 2.35. The summed E-state index contributed by atoms with van der Waals surface area (Å²) in [6.07, 6.45) is 2.74. The van der Waals surface area contributed by atoms with Crippen LogP contribution in [0.15, 0.2) is 35.1 Å². The summed E-state index contributed by atoms with van der Waals surface area (Å²) in [5.41, 5.74) is 0.784. The van der Waals surface area contributed by atoms with Crippen molar-refractivity contribution < 1.29 is 23.9 Å². The van der Waals surface area contributed by atoms with Crippen molar-refractivity contribution in [3.8, 4) is 0 Å². The largest absolute Gasteiger partial charge is 0.462 e. The van der Waals surface area contributed by atoms with Gasteiger partial charge < -0.3 is 14.8 Å². The number of aryl methyl sites for hydroxylation is 2. The Hall–Kier alpha value is -3.53. The number of rotatable bonds is 10. The van der Waals surface area contributed by atoms with Crippen molar-refractivity contribution in [1.82, 2.24) is 9.55 Å². The van der Waals surface area contributed by atoms with Gasteiger partial charge in [0.05, 0.1) is 29.5 Å². The molecule has 1 saturated carbocycles. The molecule has 0 unspecified atom stereocenters. The lowest BCUT2D eigenvalue weighted by molar-refractivity contribution is -0.147. The lowest BCUT2D eigenvalue weighted by atomic mass is 10.2. The van der Waals surface area contributed by atoms with Gasteiger partial charge in [-0.1, -0.05) is 19.1 Å². The number of hydrogen-bond donors (Lipinski definition) is 1. The number of hydrogen-bond acceptors (Lipinski definition) is 8. The van der Waals surface area contributed by atoms with Crippen LogP contribution in [0.2, 0.25) is 0 Å². The van der Waals surface area contributed by atoms with Crippen LogP contribution in [-0.4, -0.2) is 40.6 Å². The Balaban J connectivity index is 1.36. The van der Waals surface area contributed by atoms with Gasteiger partial charge >= 0.3 is 11.9 Å². The first-order valence-electron chi connectivity index (χ1n) is 11.7. The minimum atomic E-state index is -0.573. The number of benzene rings is 1. The molecular weight excluding hydrogens is 470 g/mol. The molecule has 1 N–H and O–H groups in total. The van der Waals surface area contributed by atoms with E-state index in [-0.39, 0.29) is 36.6 Å². The molecule has 2 aromatic heterocycles. The Bertz CT molecular complexity index is 1320. The molecule has 4 rings (SSSR count). The number of carbonyl (C=O) groups excluding carboxylic acids is 3. The lowest BCUT2D eigenvalue weighted by Gasteiger charge is -2.12. The number of amides is 1. The molecule has 9 nitrogen and oxygen atoms in total. The van der Waals surface area contributed by atoms with E-state index in [1.165, 1.54) is 11.3 Å². The van der Waals surface area contributed by atoms with E-state index in [2.05, 4.69) is 10.3 Å². The van der Waals surface area contributed by atoms with Crippen LogP contribution in [0.5, 0.6) is 0 Å². The van der Waals surface area contributed by atoms with E-state index in [9.17, 15) is 19.2 Å². The highest BCUT2D eigenvalue weighted by Gasteiger charge is 2.28. The maximum absolute atomic E-state index is 12.9. The summed E-state index contributed by atoms with van der Waals surface area (Å²) in [6.45, 7) is 3.39. The van der Waals surface area contributed by atoms with Gasteiger partial charge in [-0.05, 0) is 44.4 Å². The second-order valence-electron chi connectivity index (χ2n) is 8.19. The molecule has 0 spiro atoms. The van der Waals surface area contributed by atoms with Gasteiger partial charge in [0.15, 0.2) is 6.61 Å². The minimum absolute atomic E-state index is 0.0160. The number of esters is 2. The molecular formula is C25H27N3O6S. The fraction of sp³-hybridized carbons (Fsp3) is 0.400. The van der Waals surface area contributed by atoms with Gasteiger partial charge in [0.2, 0.25) is 0 Å². The van der Waals surface area contributed by atoms with E-state index in [0.29, 0.717) is 28.1 Å². The molecule has 1 aliphatic carbocycles. The van der Waals surface area contributed by atoms with Crippen LogP contribution in [-0.2, 0) is 31.9 Å². The highest BCUT2D eigenvalue weighted by atomic mass is 32.1. The minimum Gasteiger partial charge on any atom is -0.462 e. The summed E-state index contributed by atoms with van der Waals surface area (Å²) in [5, 5.41) is 3.57. The number of carbonyl (C=O) groups is 3. The summed E-state index contributed by atoms with van der Waals surface area (Å²) in [7, 11) is 0. The van der Waals surface area contributed by atoms with Crippen molar-refractivity contribution in [3.05, 3.63) is 57.0 Å². The Kier molecular flexibility index (Phi) is 7.60. The molecule has 0 bridgehead atoms. The number of nitrogens with one attached hydrogen (secondary N) is 1. The summed E-state index contributed by atoms with van der Waals surface area (Å²) in [4.78, 5) is 55.3. The Morgan fingerprint density at radius 2 is 1.94 bits per heavy atom. The first kappa shape index (κ1) is 24.6. The second kappa shape index (κ2) is 10.8. The van der Waals surface area contributed by atoms with Crippen molar-refractivity contribution in [1.29, 1.82) is 0 Å². The van der Waals surface area contributed by atoms with E-state index in [1.807, 2.05) is 13.0 Å². The number of ether oxygens (including phenoxy) is 2. The van der Waals surface area contributed by atoms with Crippen molar-refractivity contribution in [2.45, 2.75) is 52.0 Å². The third-order valence-electron chi connectivity index (χ3n) is 5.59. The number of fused-ring (bicyclic) bond motifs is 1. The average molecular weight is 498 g/mol. The van der Waals surface area contributed by atoms with Crippen molar-refractivity contribution in [2.24, 2.45) is 0 Å². The van der Waals surface area contributed by atoms with Crippen LogP contribution in [0, 0.1) is 0 Å². The van der Waals surface area contributed by atoms with Crippen LogP contribution >= 0.6 is 11.3 Å². The van der Waals surface area contributed by atoms with Crippen LogP contribution in [0.25, 0.3) is 10.9 Å². The molecule has 10 heteroatoms. The Labute approximate surface area is 206 Å². The molecule has 1 aliphatic rings. The van der Waals surface area contributed by atoms with Crippen molar-refractivity contribution in [2.75, 3.05) is 18.5 Å². The lowest BCUT2D eigenvalue weighted by Crippen LogP contribution is -2.26. The number of aromatic nitrogens is 2. The van der Waals surface area contributed by atoms with Crippen LogP contribution in [0.1, 0.15) is 60.2 Å². The normalized spacial score (nSPS) is 13.0. The number of thiophene rings is 1. The second-order valence-corrected chi connectivity index (χ2v) is 9.33. The molecule has 1 amide bonds. The fourth-order valence-corrected chi connectivity index (χ4v) is 4.74. The topological polar surface area (TPSA) is 117 Å². The zero-order valence-corrected chi connectivity index (χ0v) is 20.5. The first-order chi connectivity index (χ1) is 16.9. The van der Waals surface area contributed by atoms with Crippen LogP contribution < -0.4 is 10.9 Å². The number of para-hydroxylation sites is 1. The van der Waals surface area contributed by atoms with Gasteiger partial charge in [0.25, 0.3) is 11.5 Å². The molecule has 0 aliphatic heterocycles. The van der Waals surface area contributed by atoms with E-state index in [1.54, 1.807) is 35.8 Å². The summed E-state index contributed by atoms with van der Waals surface area (Å²) in [5.74, 6) is -1.09. The summed E-state index contributed by atoms with van der Waals surface area (Å²) in [6, 6.07) is 8.96. The Morgan fingerprint density at radius 1 is 1.17 bits per heavy atom. The van der Waals surface area contributed by atoms with Gasteiger partial charge in [-0.3, -0.25) is 19.0 Å². The fourth-order valence-electron chi connectivity index (χ4n) is 3.74. The zero-order valence-electron chi connectivity index (χ0n) is 19.7. The smallest absolute Gasteiger partial charge is 0.341 e. The number of nitrogens with zero attached hydrogens (tertiary/aromatic N) is 2. The number of anilines is 1. The predicted molar refractivity (Wildman–Crippen MR) is 132 cm³/mol. The van der Waals surface area contributed by atoms with Crippen molar-refractivity contribution >= 4 is 45.1 Å². The molecule has 2 heterocycles. The molecule has 184 valence electrons. The van der Waals surface area contributed by atoms with Gasteiger partial charge in [-0.15, -0.1) is 11.3 Å². The van der Waals surface area contributed by atoms with Gasteiger partial charge in [-0.25, -0.2) is 9.78 Å². The van der Waals surface area contributed by atoms with Gasteiger partial charge in [0, 0.05) is 17.3 Å². The molecule has 3 aromatic rings. The molecule has 35 heavy (non-hydrogen) atoms. The van der Waals surface area contributed by atoms with E-state index < -0.39 is 24.5 Å². The van der Waals surface area contributed by atoms with Crippen molar-refractivity contribution in [3.63, 3.8) is 0 Å².